The van der Waals surface area contributed by atoms with Crippen molar-refractivity contribution in [2.24, 2.45) is 5.92 Å². The predicted molar refractivity (Wildman–Crippen MR) is 62.8 cm³/mol. The molecule has 0 aromatic heterocycles. The van der Waals surface area contributed by atoms with Gasteiger partial charge in [0.15, 0.2) is 0 Å². The lowest BCUT2D eigenvalue weighted by Crippen LogP contribution is -2.15. The highest BCUT2D eigenvalue weighted by Crippen LogP contribution is 2.48. The summed E-state index contributed by atoms with van der Waals surface area (Å²) in [6, 6.07) is 8.47. The molecule has 1 aliphatic carbocycles. The molecular formula is C14H20O. The van der Waals surface area contributed by atoms with Crippen LogP contribution in [0.2, 0.25) is 0 Å². The van der Waals surface area contributed by atoms with Gasteiger partial charge >= 0.3 is 0 Å². The first kappa shape index (κ1) is 10.7. The SMILES string of the molecule is CCCC1CC1(O)Cc1cccc(C)c1. The van der Waals surface area contributed by atoms with Gasteiger partial charge in [-0.3, -0.25) is 0 Å². The third kappa shape index (κ3) is 2.40. The van der Waals surface area contributed by atoms with Crippen molar-refractivity contribution in [3.8, 4) is 0 Å². The Labute approximate surface area is 92.1 Å². The Bertz CT molecular complexity index is 345. The first-order valence-corrected chi connectivity index (χ1v) is 5.92. The van der Waals surface area contributed by atoms with E-state index in [1.807, 2.05) is 0 Å². The van der Waals surface area contributed by atoms with Gasteiger partial charge in [-0.1, -0.05) is 43.2 Å². The van der Waals surface area contributed by atoms with E-state index in [2.05, 4.69) is 38.1 Å². The molecule has 82 valence electrons. The van der Waals surface area contributed by atoms with Crippen molar-refractivity contribution in [1.82, 2.24) is 0 Å². The number of aryl methyl sites for hydroxylation is 1. The topological polar surface area (TPSA) is 20.2 Å². The van der Waals surface area contributed by atoms with Crippen molar-refractivity contribution in [3.05, 3.63) is 35.4 Å². The zero-order valence-corrected chi connectivity index (χ0v) is 9.66. The summed E-state index contributed by atoms with van der Waals surface area (Å²) < 4.78 is 0. The van der Waals surface area contributed by atoms with Crippen LogP contribution in [-0.2, 0) is 6.42 Å². The lowest BCUT2D eigenvalue weighted by Gasteiger charge is -2.10. The van der Waals surface area contributed by atoms with Gasteiger partial charge < -0.3 is 5.11 Å². The first-order valence-electron chi connectivity index (χ1n) is 5.92. The molecule has 0 bridgehead atoms. The molecule has 0 aliphatic heterocycles. The van der Waals surface area contributed by atoms with Crippen LogP contribution in [0.1, 0.15) is 37.3 Å². The Kier molecular flexibility index (Phi) is 2.83. The van der Waals surface area contributed by atoms with Crippen molar-refractivity contribution >= 4 is 0 Å². The van der Waals surface area contributed by atoms with Crippen LogP contribution < -0.4 is 0 Å². The molecule has 1 aromatic carbocycles. The number of benzene rings is 1. The van der Waals surface area contributed by atoms with Crippen molar-refractivity contribution in [1.29, 1.82) is 0 Å². The van der Waals surface area contributed by atoms with Gasteiger partial charge in [0.25, 0.3) is 0 Å². The van der Waals surface area contributed by atoms with E-state index in [0.29, 0.717) is 5.92 Å². The number of hydrogen-bond acceptors (Lipinski definition) is 1. The molecule has 2 atom stereocenters. The Morgan fingerprint density at radius 3 is 2.93 bits per heavy atom. The molecule has 1 fully saturated rings. The minimum absolute atomic E-state index is 0.385. The van der Waals surface area contributed by atoms with E-state index in [1.54, 1.807) is 0 Å². The highest BCUT2D eigenvalue weighted by atomic mass is 16.3. The molecule has 1 aliphatic rings. The molecule has 1 N–H and O–H groups in total. The van der Waals surface area contributed by atoms with Crippen LogP contribution in [0.25, 0.3) is 0 Å². The Morgan fingerprint density at radius 1 is 1.47 bits per heavy atom. The van der Waals surface area contributed by atoms with Gasteiger partial charge in [-0.2, -0.15) is 0 Å². The Balaban J connectivity index is 1.98. The van der Waals surface area contributed by atoms with Gasteiger partial charge in [0.2, 0.25) is 0 Å². The monoisotopic (exact) mass is 204 g/mol. The first-order chi connectivity index (χ1) is 7.14. The van der Waals surface area contributed by atoms with Gasteiger partial charge in [0.1, 0.15) is 0 Å². The van der Waals surface area contributed by atoms with Crippen molar-refractivity contribution in [2.75, 3.05) is 0 Å². The number of rotatable bonds is 4. The molecule has 15 heavy (non-hydrogen) atoms. The van der Waals surface area contributed by atoms with E-state index in [1.165, 1.54) is 24.0 Å². The van der Waals surface area contributed by atoms with Crippen LogP contribution in [-0.4, -0.2) is 10.7 Å². The third-order valence-electron chi connectivity index (χ3n) is 3.43. The van der Waals surface area contributed by atoms with Gasteiger partial charge in [-0.25, -0.2) is 0 Å². The van der Waals surface area contributed by atoms with Crippen molar-refractivity contribution < 1.29 is 5.11 Å². The number of hydrogen-bond donors (Lipinski definition) is 1. The highest BCUT2D eigenvalue weighted by Gasteiger charge is 2.51. The summed E-state index contributed by atoms with van der Waals surface area (Å²) in [6.07, 6.45) is 4.18. The van der Waals surface area contributed by atoms with Crippen LogP contribution in [0, 0.1) is 12.8 Å². The molecule has 0 amide bonds. The maximum atomic E-state index is 10.3. The van der Waals surface area contributed by atoms with Crippen LogP contribution in [0.5, 0.6) is 0 Å². The van der Waals surface area contributed by atoms with Crippen LogP contribution >= 0.6 is 0 Å². The largest absolute Gasteiger partial charge is 0.389 e. The normalized spacial score (nSPS) is 29.1. The molecule has 0 saturated heterocycles. The highest BCUT2D eigenvalue weighted by molar-refractivity contribution is 5.25. The molecule has 2 rings (SSSR count). The van der Waals surface area contributed by atoms with E-state index in [-0.39, 0.29) is 5.60 Å². The molecule has 0 heterocycles. The van der Waals surface area contributed by atoms with Crippen LogP contribution in [0.4, 0.5) is 0 Å². The maximum absolute atomic E-state index is 10.3. The zero-order valence-electron chi connectivity index (χ0n) is 9.66. The second-order valence-corrected chi connectivity index (χ2v) is 4.96. The molecular weight excluding hydrogens is 184 g/mol. The smallest absolute Gasteiger partial charge is 0.0720 e. The molecule has 1 saturated carbocycles. The molecule has 2 unspecified atom stereocenters. The molecule has 1 heteroatoms. The molecule has 0 spiro atoms. The second kappa shape index (κ2) is 3.97. The van der Waals surface area contributed by atoms with Crippen molar-refractivity contribution in [3.63, 3.8) is 0 Å². The maximum Gasteiger partial charge on any atom is 0.0720 e. The van der Waals surface area contributed by atoms with E-state index in [9.17, 15) is 5.11 Å². The lowest BCUT2D eigenvalue weighted by molar-refractivity contribution is 0.129. The summed E-state index contributed by atoms with van der Waals surface area (Å²) in [5.74, 6) is 0.544. The Morgan fingerprint density at radius 2 is 2.27 bits per heavy atom. The summed E-state index contributed by atoms with van der Waals surface area (Å²) in [5.41, 5.74) is 2.17. The minimum Gasteiger partial charge on any atom is -0.389 e. The van der Waals surface area contributed by atoms with Crippen LogP contribution in [0.3, 0.4) is 0 Å². The molecule has 0 radical (unpaired) electrons. The summed E-state index contributed by atoms with van der Waals surface area (Å²) in [6.45, 7) is 4.29. The summed E-state index contributed by atoms with van der Waals surface area (Å²) >= 11 is 0. The van der Waals surface area contributed by atoms with Crippen LogP contribution in [0.15, 0.2) is 24.3 Å². The average molecular weight is 204 g/mol. The van der Waals surface area contributed by atoms with E-state index in [0.717, 1.165) is 12.8 Å². The fraction of sp³-hybridized carbons (Fsp3) is 0.571. The minimum atomic E-state index is -0.385. The van der Waals surface area contributed by atoms with E-state index < -0.39 is 0 Å². The fourth-order valence-corrected chi connectivity index (χ4v) is 2.48. The van der Waals surface area contributed by atoms with Gasteiger partial charge in [0.05, 0.1) is 5.60 Å². The fourth-order valence-electron chi connectivity index (χ4n) is 2.48. The predicted octanol–water partition coefficient (Wildman–Crippen LogP) is 3.09. The van der Waals surface area contributed by atoms with Gasteiger partial charge in [-0.15, -0.1) is 0 Å². The second-order valence-electron chi connectivity index (χ2n) is 4.96. The summed E-state index contributed by atoms with van der Waals surface area (Å²) in [5, 5.41) is 10.3. The van der Waals surface area contributed by atoms with Crippen molar-refractivity contribution in [2.45, 2.75) is 45.1 Å². The standard InChI is InChI=1S/C14H20O/c1-3-5-13-10-14(13,15)9-12-7-4-6-11(2)8-12/h4,6-8,13,15H,3,5,9-10H2,1-2H3. The lowest BCUT2D eigenvalue weighted by atomic mass is 10.0. The summed E-state index contributed by atoms with van der Waals surface area (Å²) in [4.78, 5) is 0. The third-order valence-corrected chi connectivity index (χ3v) is 3.43. The van der Waals surface area contributed by atoms with E-state index in [4.69, 9.17) is 0 Å². The zero-order chi connectivity index (χ0) is 10.9. The average Bonchev–Trinajstić information content (AvgIpc) is 2.76. The summed E-state index contributed by atoms with van der Waals surface area (Å²) in [7, 11) is 0. The Hall–Kier alpha value is -0.820. The number of aliphatic hydroxyl groups is 1. The van der Waals surface area contributed by atoms with Gasteiger partial charge in [-0.05, 0) is 31.2 Å². The molecule has 1 nitrogen and oxygen atoms in total. The van der Waals surface area contributed by atoms with E-state index >= 15 is 0 Å². The quantitative estimate of drug-likeness (QED) is 0.799. The van der Waals surface area contributed by atoms with Gasteiger partial charge in [0, 0.05) is 6.42 Å². The molecule has 1 aromatic rings.